The Balaban J connectivity index is 2.71. The summed E-state index contributed by atoms with van der Waals surface area (Å²) in [6.45, 7) is 6.60. The normalized spacial score (nSPS) is 10.7. The molecule has 0 radical (unpaired) electrons. The molecule has 1 aromatic heterocycles. The fourth-order valence-corrected chi connectivity index (χ4v) is 2.63. The molecule has 1 heterocycles. The second-order valence-electron chi connectivity index (χ2n) is 4.41. The third-order valence-corrected chi connectivity index (χ3v) is 3.64. The summed E-state index contributed by atoms with van der Waals surface area (Å²) in [6.07, 6.45) is 0. The zero-order chi connectivity index (χ0) is 13.3. The smallest absolute Gasteiger partial charge is 0.253 e. The van der Waals surface area contributed by atoms with Crippen LogP contribution < -0.4 is 5.56 Å². The number of hydrogen-bond acceptors (Lipinski definition) is 1. The first-order valence-corrected chi connectivity index (χ1v) is 6.81. The Bertz CT molecular complexity index is 643. The van der Waals surface area contributed by atoms with Gasteiger partial charge in [-0.1, -0.05) is 28.1 Å². The average Bonchev–Trinajstić information content (AvgIpc) is 2.33. The Labute approximate surface area is 115 Å². The number of halogens is 1. The van der Waals surface area contributed by atoms with E-state index in [0.717, 1.165) is 26.9 Å². The van der Waals surface area contributed by atoms with Crippen LogP contribution in [0.4, 0.5) is 0 Å². The second-order valence-corrected chi connectivity index (χ2v) is 5.33. The van der Waals surface area contributed by atoms with Crippen LogP contribution in [0.1, 0.15) is 18.1 Å². The zero-order valence-corrected chi connectivity index (χ0v) is 12.4. The minimum Gasteiger partial charge on any atom is -0.308 e. The van der Waals surface area contributed by atoms with Gasteiger partial charge in [-0.05, 0) is 44.5 Å². The number of aryl methyl sites for hydroxylation is 2. The van der Waals surface area contributed by atoms with Crippen LogP contribution in [0.2, 0.25) is 0 Å². The Morgan fingerprint density at radius 2 is 1.83 bits per heavy atom. The Kier molecular flexibility index (Phi) is 3.71. The molecule has 94 valence electrons. The van der Waals surface area contributed by atoms with Crippen molar-refractivity contribution in [1.82, 2.24) is 4.57 Å². The van der Waals surface area contributed by atoms with E-state index in [0.29, 0.717) is 6.54 Å². The molecular formula is C15H16BrNO. The molecule has 0 aliphatic rings. The van der Waals surface area contributed by atoms with Gasteiger partial charge in [-0.15, -0.1) is 0 Å². The Hall–Kier alpha value is -1.35. The lowest BCUT2D eigenvalue weighted by Gasteiger charge is -2.14. The molecule has 0 atom stereocenters. The maximum Gasteiger partial charge on any atom is 0.253 e. The third-order valence-electron chi connectivity index (χ3n) is 3.15. The molecule has 0 bridgehead atoms. The fourth-order valence-electron chi connectivity index (χ4n) is 2.15. The first-order valence-electron chi connectivity index (χ1n) is 6.01. The standard InChI is InChI=1S/C15H16BrNO/c1-4-17-14(8-5-10(2)15(17)18)13-7-6-12(16)9-11(13)3/h5-9H,4H2,1-3H3. The van der Waals surface area contributed by atoms with Crippen molar-refractivity contribution in [1.29, 1.82) is 0 Å². The molecule has 18 heavy (non-hydrogen) atoms. The monoisotopic (exact) mass is 305 g/mol. The van der Waals surface area contributed by atoms with E-state index in [9.17, 15) is 4.79 Å². The van der Waals surface area contributed by atoms with Gasteiger partial charge >= 0.3 is 0 Å². The Morgan fingerprint density at radius 1 is 1.11 bits per heavy atom. The largest absolute Gasteiger partial charge is 0.308 e. The van der Waals surface area contributed by atoms with Crippen LogP contribution in [0.25, 0.3) is 11.3 Å². The van der Waals surface area contributed by atoms with Crippen molar-refractivity contribution in [2.45, 2.75) is 27.3 Å². The quantitative estimate of drug-likeness (QED) is 0.824. The lowest BCUT2D eigenvalue weighted by molar-refractivity contribution is 0.729. The van der Waals surface area contributed by atoms with Crippen LogP contribution in [0.3, 0.4) is 0 Å². The number of hydrogen-bond donors (Lipinski definition) is 0. The summed E-state index contributed by atoms with van der Waals surface area (Å²) >= 11 is 3.46. The fraction of sp³-hybridized carbons (Fsp3) is 0.267. The number of benzene rings is 1. The average molecular weight is 306 g/mol. The molecule has 0 aliphatic heterocycles. The van der Waals surface area contributed by atoms with Crippen molar-refractivity contribution in [3.8, 4) is 11.3 Å². The van der Waals surface area contributed by atoms with Crippen molar-refractivity contribution < 1.29 is 0 Å². The molecule has 2 nitrogen and oxygen atoms in total. The van der Waals surface area contributed by atoms with Gasteiger partial charge in [0.1, 0.15) is 0 Å². The van der Waals surface area contributed by atoms with Crippen LogP contribution in [-0.2, 0) is 6.54 Å². The molecule has 0 fully saturated rings. The summed E-state index contributed by atoms with van der Waals surface area (Å²) in [4.78, 5) is 12.1. The summed E-state index contributed by atoms with van der Waals surface area (Å²) in [5, 5.41) is 0. The highest BCUT2D eigenvalue weighted by molar-refractivity contribution is 9.10. The first kappa shape index (κ1) is 13.1. The summed E-state index contributed by atoms with van der Waals surface area (Å²) in [6, 6.07) is 10.0. The van der Waals surface area contributed by atoms with Crippen molar-refractivity contribution in [2.24, 2.45) is 0 Å². The van der Waals surface area contributed by atoms with Crippen LogP contribution >= 0.6 is 15.9 Å². The zero-order valence-electron chi connectivity index (χ0n) is 10.8. The molecule has 0 saturated heterocycles. The molecule has 3 heteroatoms. The van der Waals surface area contributed by atoms with Gasteiger partial charge in [0.2, 0.25) is 0 Å². The van der Waals surface area contributed by atoms with E-state index in [1.807, 2.05) is 36.6 Å². The molecule has 1 aromatic carbocycles. The number of rotatable bonds is 2. The molecular weight excluding hydrogens is 290 g/mol. The first-order chi connectivity index (χ1) is 8.54. The summed E-state index contributed by atoms with van der Waals surface area (Å²) in [5.74, 6) is 0. The van der Waals surface area contributed by atoms with Crippen LogP contribution in [0.15, 0.2) is 39.6 Å². The van der Waals surface area contributed by atoms with E-state index in [2.05, 4.69) is 35.0 Å². The molecule has 0 unspecified atom stereocenters. The van der Waals surface area contributed by atoms with Gasteiger partial charge in [-0.25, -0.2) is 0 Å². The van der Waals surface area contributed by atoms with E-state index >= 15 is 0 Å². The maximum atomic E-state index is 12.1. The highest BCUT2D eigenvalue weighted by Gasteiger charge is 2.09. The van der Waals surface area contributed by atoms with Gasteiger partial charge in [0, 0.05) is 22.1 Å². The van der Waals surface area contributed by atoms with E-state index in [1.165, 1.54) is 0 Å². The molecule has 2 aromatic rings. The summed E-state index contributed by atoms with van der Waals surface area (Å²) in [7, 11) is 0. The van der Waals surface area contributed by atoms with E-state index in [4.69, 9.17) is 0 Å². The molecule has 0 N–H and O–H groups in total. The van der Waals surface area contributed by atoms with Crippen molar-refractivity contribution >= 4 is 15.9 Å². The van der Waals surface area contributed by atoms with Gasteiger partial charge in [0.05, 0.1) is 5.69 Å². The topological polar surface area (TPSA) is 22.0 Å². The molecule has 0 aliphatic carbocycles. The SMILES string of the molecule is CCn1c(-c2ccc(Br)cc2C)ccc(C)c1=O. The van der Waals surface area contributed by atoms with Gasteiger partial charge in [0.15, 0.2) is 0 Å². The van der Waals surface area contributed by atoms with Gasteiger partial charge in [0.25, 0.3) is 5.56 Å². The molecule has 0 amide bonds. The summed E-state index contributed by atoms with van der Waals surface area (Å²) in [5.41, 5.74) is 4.14. The van der Waals surface area contributed by atoms with Gasteiger partial charge in [-0.2, -0.15) is 0 Å². The van der Waals surface area contributed by atoms with Crippen LogP contribution in [0.5, 0.6) is 0 Å². The second kappa shape index (κ2) is 5.11. The van der Waals surface area contributed by atoms with Gasteiger partial charge < -0.3 is 4.57 Å². The summed E-state index contributed by atoms with van der Waals surface area (Å²) < 4.78 is 2.88. The van der Waals surface area contributed by atoms with E-state index in [-0.39, 0.29) is 5.56 Å². The van der Waals surface area contributed by atoms with Crippen molar-refractivity contribution in [2.75, 3.05) is 0 Å². The number of aromatic nitrogens is 1. The number of pyridine rings is 1. The molecule has 2 rings (SSSR count). The van der Waals surface area contributed by atoms with E-state index in [1.54, 1.807) is 0 Å². The van der Waals surface area contributed by atoms with Crippen LogP contribution in [0, 0.1) is 13.8 Å². The minimum atomic E-state index is 0.0947. The van der Waals surface area contributed by atoms with E-state index < -0.39 is 0 Å². The maximum absolute atomic E-state index is 12.1. The lowest BCUT2D eigenvalue weighted by atomic mass is 10.0. The Morgan fingerprint density at radius 3 is 2.44 bits per heavy atom. The van der Waals surface area contributed by atoms with Crippen molar-refractivity contribution in [3.05, 3.63) is 56.3 Å². The van der Waals surface area contributed by atoms with Gasteiger partial charge in [-0.3, -0.25) is 4.79 Å². The van der Waals surface area contributed by atoms with Crippen LogP contribution in [-0.4, -0.2) is 4.57 Å². The number of nitrogens with zero attached hydrogens (tertiary/aromatic N) is 1. The highest BCUT2D eigenvalue weighted by Crippen LogP contribution is 2.25. The minimum absolute atomic E-state index is 0.0947. The predicted octanol–water partition coefficient (Wildman–Crippen LogP) is 3.91. The highest BCUT2D eigenvalue weighted by atomic mass is 79.9. The molecule has 0 spiro atoms. The molecule has 0 saturated carbocycles. The third kappa shape index (κ3) is 2.27. The predicted molar refractivity (Wildman–Crippen MR) is 79.0 cm³/mol. The van der Waals surface area contributed by atoms with Crippen molar-refractivity contribution in [3.63, 3.8) is 0 Å². The lowest BCUT2D eigenvalue weighted by Crippen LogP contribution is -2.22.